The van der Waals surface area contributed by atoms with Crippen LogP contribution in [-0.2, 0) is 4.74 Å². The minimum Gasteiger partial charge on any atom is -0.505 e. The molecule has 0 radical (unpaired) electrons. The van der Waals surface area contributed by atoms with Crippen molar-refractivity contribution in [1.82, 2.24) is 0 Å². The van der Waals surface area contributed by atoms with Gasteiger partial charge < -0.3 is 9.84 Å². The molecule has 8 heavy (non-hydrogen) atoms. The van der Waals surface area contributed by atoms with Crippen LogP contribution < -0.4 is 0 Å². The molecule has 0 aromatic rings. The maximum atomic E-state index is 8.69. The molecule has 1 atom stereocenters. The largest absolute Gasteiger partial charge is 0.505 e. The third-order valence-electron chi connectivity index (χ3n) is 0.595. The number of aliphatic hydroxyl groups is 1. The Morgan fingerprint density at radius 1 is 1.88 bits per heavy atom. The summed E-state index contributed by atoms with van der Waals surface area (Å²) < 4.78 is 4.52. The molecule has 0 aliphatic heterocycles. The molecule has 0 fully saturated rings. The predicted octanol–water partition coefficient (Wildman–Crippen LogP) is 0.746. The molecule has 0 aliphatic rings. The Bertz CT molecular complexity index is 72.8. The molecule has 3 heteroatoms. The summed E-state index contributed by atoms with van der Waals surface area (Å²) in [5.74, 6) is 0.208. The fraction of sp³-hybridized carbons (Fsp3) is 0.600. The van der Waals surface area contributed by atoms with E-state index in [0.717, 1.165) is 0 Å². The maximum absolute atomic E-state index is 8.69. The maximum Gasteiger partial charge on any atom is 0.0888 e. The Morgan fingerprint density at radius 3 is 2.88 bits per heavy atom. The monoisotopic (exact) mass is 136 g/mol. The molecular formula is C5H9ClO2. The molecule has 0 amide bonds. The molecule has 0 rings (SSSR count). The summed E-state index contributed by atoms with van der Waals surface area (Å²) in [5, 5.41) is 8.69. The number of hydrogen-bond acceptors (Lipinski definition) is 2. The summed E-state index contributed by atoms with van der Waals surface area (Å²) in [7, 11) is 1.51. The lowest BCUT2D eigenvalue weighted by Gasteiger charge is -1.95. The van der Waals surface area contributed by atoms with Gasteiger partial charge in [0.25, 0.3) is 0 Å². The van der Waals surface area contributed by atoms with Crippen molar-refractivity contribution in [2.24, 2.45) is 0 Å². The van der Waals surface area contributed by atoms with Crippen LogP contribution >= 0.6 is 11.6 Å². The average Bonchev–Trinajstić information content (AvgIpc) is 1.83. The Kier molecular flexibility index (Phi) is 4.81. The lowest BCUT2D eigenvalue weighted by molar-refractivity contribution is 0.239. The molecule has 0 bridgehead atoms. The van der Waals surface area contributed by atoms with E-state index in [4.69, 9.17) is 16.7 Å². The van der Waals surface area contributed by atoms with Crippen molar-refractivity contribution in [2.45, 2.75) is 6.10 Å². The highest BCUT2D eigenvalue weighted by atomic mass is 35.5. The summed E-state index contributed by atoms with van der Waals surface area (Å²) in [6, 6.07) is 0. The SMILES string of the molecule is CO/C=C/C(O)CCl. The van der Waals surface area contributed by atoms with Crippen molar-refractivity contribution in [2.75, 3.05) is 13.0 Å². The van der Waals surface area contributed by atoms with E-state index >= 15 is 0 Å². The third-order valence-corrected chi connectivity index (χ3v) is 0.911. The summed E-state index contributed by atoms with van der Waals surface area (Å²) in [4.78, 5) is 0. The van der Waals surface area contributed by atoms with Gasteiger partial charge in [-0.1, -0.05) is 0 Å². The normalized spacial score (nSPS) is 14.4. The quantitative estimate of drug-likeness (QED) is 0.458. The smallest absolute Gasteiger partial charge is 0.0888 e. The van der Waals surface area contributed by atoms with Crippen molar-refractivity contribution >= 4 is 11.6 Å². The second kappa shape index (κ2) is 4.94. The minimum absolute atomic E-state index is 0.208. The summed E-state index contributed by atoms with van der Waals surface area (Å²) in [6.45, 7) is 0. The van der Waals surface area contributed by atoms with Crippen LogP contribution in [-0.4, -0.2) is 24.2 Å². The predicted molar refractivity (Wildman–Crippen MR) is 32.9 cm³/mol. The standard InChI is InChI=1S/C5H9ClO2/c1-8-3-2-5(7)4-6/h2-3,5,7H,4H2,1H3/b3-2+. The fourth-order valence-corrected chi connectivity index (χ4v) is 0.324. The summed E-state index contributed by atoms with van der Waals surface area (Å²) in [5.41, 5.74) is 0. The molecule has 0 aromatic carbocycles. The van der Waals surface area contributed by atoms with Crippen molar-refractivity contribution in [1.29, 1.82) is 0 Å². The number of rotatable bonds is 3. The molecule has 2 nitrogen and oxygen atoms in total. The van der Waals surface area contributed by atoms with Crippen LogP contribution in [0.1, 0.15) is 0 Å². The van der Waals surface area contributed by atoms with Gasteiger partial charge in [-0.2, -0.15) is 0 Å². The number of aliphatic hydroxyl groups excluding tert-OH is 1. The van der Waals surface area contributed by atoms with Crippen LogP contribution in [0.2, 0.25) is 0 Å². The molecule has 48 valence electrons. The lowest BCUT2D eigenvalue weighted by Crippen LogP contribution is -2.02. The molecule has 0 spiro atoms. The fourth-order valence-electron chi connectivity index (χ4n) is 0.221. The van der Waals surface area contributed by atoms with Crippen LogP contribution in [0.4, 0.5) is 0 Å². The van der Waals surface area contributed by atoms with Crippen molar-refractivity contribution in [3.63, 3.8) is 0 Å². The highest BCUT2D eigenvalue weighted by Gasteiger charge is 1.91. The van der Waals surface area contributed by atoms with Gasteiger partial charge in [-0.25, -0.2) is 0 Å². The van der Waals surface area contributed by atoms with Crippen LogP contribution in [0.5, 0.6) is 0 Å². The Balaban J connectivity index is 3.21. The van der Waals surface area contributed by atoms with E-state index in [1.807, 2.05) is 0 Å². The van der Waals surface area contributed by atoms with Gasteiger partial charge in [0.2, 0.25) is 0 Å². The molecule has 1 N–H and O–H groups in total. The molecule has 0 aromatic heterocycles. The Labute approximate surface area is 53.7 Å². The highest BCUT2D eigenvalue weighted by Crippen LogP contribution is 1.88. The average molecular weight is 137 g/mol. The summed E-state index contributed by atoms with van der Waals surface area (Å²) in [6.07, 6.45) is 2.29. The van der Waals surface area contributed by atoms with Gasteiger partial charge in [0.15, 0.2) is 0 Å². The van der Waals surface area contributed by atoms with Gasteiger partial charge >= 0.3 is 0 Å². The van der Waals surface area contributed by atoms with Gasteiger partial charge in [-0.15, -0.1) is 11.6 Å². The summed E-state index contributed by atoms with van der Waals surface area (Å²) >= 11 is 5.23. The first kappa shape index (κ1) is 7.79. The van der Waals surface area contributed by atoms with E-state index in [0.29, 0.717) is 0 Å². The number of alkyl halides is 1. The molecule has 0 heterocycles. The molecule has 0 saturated carbocycles. The topological polar surface area (TPSA) is 29.5 Å². The van der Waals surface area contributed by atoms with Gasteiger partial charge in [0.05, 0.1) is 25.4 Å². The van der Waals surface area contributed by atoms with Gasteiger partial charge in [-0.05, 0) is 6.08 Å². The van der Waals surface area contributed by atoms with E-state index < -0.39 is 6.10 Å². The van der Waals surface area contributed by atoms with Crippen LogP contribution in [0.3, 0.4) is 0 Å². The zero-order valence-electron chi connectivity index (χ0n) is 4.67. The molecular weight excluding hydrogens is 128 g/mol. The van der Waals surface area contributed by atoms with Crippen molar-refractivity contribution < 1.29 is 9.84 Å². The molecule has 0 aliphatic carbocycles. The number of halogens is 1. The van der Waals surface area contributed by atoms with Gasteiger partial charge in [0, 0.05) is 0 Å². The van der Waals surface area contributed by atoms with E-state index in [1.165, 1.54) is 19.4 Å². The minimum atomic E-state index is -0.586. The second-order valence-corrected chi connectivity index (χ2v) is 1.59. The van der Waals surface area contributed by atoms with Crippen LogP contribution in [0.15, 0.2) is 12.3 Å². The number of hydrogen-bond donors (Lipinski definition) is 1. The van der Waals surface area contributed by atoms with Gasteiger partial charge in [-0.3, -0.25) is 0 Å². The Morgan fingerprint density at radius 2 is 2.50 bits per heavy atom. The molecule has 1 unspecified atom stereocenters. The van der Waals surface area contributed by atoms with Crippen LogP contribution in [0, 0.1) is 0 Å². The van der Waals surface area contributed by atoms with Gasteiger partial charge in [0.1, 0.15) is 0 Å². The number of ether oxygens (including phenoxy) is 1. The van der Waals surface area contributed by atoms with E-state index in [-0.39, 0.29) is 5.88 Å². The van der Waals surface area contributed by atoms with Crippen molar-refractivity contribution in [3.8, 4) is 0 Å². The van der Waals surface area contributed by atoms with Crippen molar-refractivity contribution in [3.05, 3.63) is 12.3 Å². The first-order chi connectivity index (χ1) is 3.81. The number of methoxy groups -OCH3 is 1. The highest BCUT2D eigenvalue weighted by molar-refractivity contribution is 6.18. The second-order valence-electron chi connectivity index (χ2n) is 1.29. The van der Waals surface area contributed by atoms with E-state index in [1.54, 1.807) is 0 Å². The van der Waals surface area contributed by atoms with Crippen LogP contribution in [0.25, 0.3) is 0 Å². The zero-order chi connectivity index (χ0) is 6.41. The molecule has 0 saturated heterocycles. The first-order valence-electron chi connectivity index (χ1n) is 2.24. The first-order valence-corrected chi connectivity index (χ1v) is 2.78. The Hall–Kier alpha value is -0.210. The third kappa shape index (κ3) is 3.96. The van der Waals surface area contributed by atoms with E-state index in [2.05, 4.69) is 4.74 Å². The van der Waals surface area contributed by atoms with E-state index in [9.17, 15) is 0 Å². The lowest BCUT2D eigenvalue weighted by atomic mass is 10.4. The zero-order valence-corrected chi connectivity index (χ0v) is 5.43.